The molecule has 4 nitrogen and oxygen atoms in total. The molecule has 0 radical (unpaired) electrons. The van der Waals surface area contributed by atoms with Gasteiger partial charge in [0, 0.05) is 29.0 Å². The Labute approximate surface area is 139 Å². The smallest absolute Gasteiger partial charge is 0.365 e. The number of ketones is 1. The number of nitrogens with one attached hydrogen (secondary N) is 1. The van der Waals surface area contributed by atoms with Crippen molar-refractivity contribution in [3.8, 4) is 0 Å². The fourth-order valence-electron chi connectivity index (χ4n) is 2.27. The Kier molecular flexibility index (Phi) is 5.46. The summed E-state index contributed by atoms with van der Waals surface area (Å²) in [7, 11) is 0. The van der Waals surface area contributed by atoms with Gasteiger partial charge in [0.15, 0.2) is 0 Å². The molecule has 1 saturated heterocycles. The van der Waals surface area contributed by atoms with Gasteiger partial charge in [0.25, 0.3) is 5.78 Å². The van der Waals surface area contributed by atoms with Crippen LogP contribution in [0, 0.1) is 0 Å². The number of allylic oxidation sites excluding steroid dienone is 1. The number of rotatable bonds is 4. The molecule has 1 aromatic rings. The first-order chi connectivity index (χ1) is 10.8. The van der Waals surface area contributed by atoms with E-state index in [1.807, 2.05) is 0 Å². The van der Waals surface area contributed by atoms with Gasteiger partial charge in [-0.1, -0.05) is 15.9 Å². The molecule has 0 aliphatic carbocycles. The summed E-state index contributed by atoms with van der Waals surface area (Å²) < 4.78 is 37.5. The average molecular weight is 391 g/mol. The third kappa shape index (κ3) is 4.82. The van der Waals surface area contributed by atoms with Gasteiger partial charge in [-0.25, -0.2) is 0 Å². The van der Waals surface area contributed by atoms with Crippen LogP contribution in [0.25, 0.3) is 0 Å². The van der Waals surface area contributed by atoms with E-state index in [1.54, 1.807) is 24.3 Å². The van der Waals surface area contributed by atoms with Crippen LogP contribution in [0.15, 0.2) is 41.0 Å². The number of nitrogens with zero attached hydrogens (tertiary/aromatic N) is 1. The molecule has 0 bridgehead atoms. The van der Waals surface area contributed by atoms with Crippen LogP contribution in [0.3, 0.4) is 0 Å². The summed E-state index contributed by atoms with van der Waals surface area (Å²) >= 11 is 3.28. The van der Waals surface area contributed by atoms with Gasteiger partial charge in [-0.05, 0) is 37.1 Å². The Morgan fingerprint density at radius 2 is 1.91 bits per heavy atom. The molecular weight excluding hydrogens is 377 g/mol. The van der Waals surface area contributed by atoms with Crippen molar-refractivity contribution in [1.29, 1.82) is 0 Å². The summed E-state index contributed by atoms with van der Waals surface area (Å²) in [5.41, 5.74) is 0.598. The second-order valence-electron chi connectivity index (χ2n) is 5.07. The third-order valence-electron chi connectivity index (χ3n) is 3.41. The van der Waals surface area contributed by atoms with Gasteiger partial charge in [0.1, 0.15) is 6.04 Å². The zero-order chi connectivity index (χ0) is 17.0. The minimum atomic E-state index is -4.90. The van der Waals surface area contributed by atoms with Gasteiger partial charge >= 0.3 is 6.18 Å². The zero-order valence-electron chi connectivity index (χ0n) is 11.9. The van der Waals surface area contributed by atoms with Crippen LogP contribution < -0.4 is 5.32 Å². The fraction of sp³-hybridized carbons (Fsp3) is 0.333. The Balaban J connectivity index is 2.00. The molecule has 1 heterocycles. The number of benzene rings is 1. The molecule has 1 N–H and O–H groups in total. The van der Waals surface area contributed by atoms with Crippen LogP contribution >= 0.6 is 15.9 Å². The van der Waals surface area contributed by atoms with Crippen LogP contribution in [0.1, 0.15) is 12.8 Å². The lowest BCUT2D eigenvalue weighted by Gasteiger charge is -2.22. The van der Waals surface area contributed by atoms with Crippen LogP contribution in [-0.4, -0.2) is 35.4 Å². The maximum atomic E-state index is 12.2. The van der Waals surface area contributed by atoms with Crippen molar-refractivity contribution in [3.63, 3.8) is 0 Å². The molecule has 1 unspecified atom stereocenters. The second-order valence-corrected chi connectivity index (χ2v) is 5.99. The van der Waals surface area contributed by atoms with E-state index in [9.17, 15) is 22.8 Å². The summed E-state index contributed by atoms with van der Waals surface area (Å²) in [5.74, 6) is -2.25. The van der Waals surface area contributed by atoms with Crippen LogP contribution in [0.5, 0.6) is 0 Å². The number of hydrogen-bond donors (Lipinski definition) is 1. The summed E-state index contributed by atoms with van der Waals surface area (Å²) in [6.45, 7) is 0.431. The van der Waals surface area contributed by atoms with Crippen molar-refractivity contribution in [3.05, 3.63) is 41.0 Å². The third-order valence-corrected chi connectivity index (χ3v) is 3.93. The molecule has 0 spiro atoms. The maximum absolute atomic E-state index is 12.2. The van der Waals surface area contributed by atoms with Crippen molar-refractivity contribution in [2.24, 2.45) is 0 Å². The number of hydrogen-bond acceptors (Lipinski definition) is 3. The molecule has 0 aromatic heterocycles. The van der Waals surface area contributed by atoms with Crippen molar-refractivity contribution < 1.29 is 22.8 Å². The van der Waals surface area contributed by atoms with Crippen molar-refractivity contribution in [2.45, 2.75) is 25.1 Å². The van der Waals surface area contributed by atoms with Crippen LogP contribution in [0.2, 0.25) is 0 Å². The number of anilines is 1. The summed E-state index contributed by atoms with van der Waals surface area (Å²) in [4.78, 5) is 24.6. The highest BCUT2D eigenvalue weighted by Gasteiger charge is 2.37. The van der Waals surface area contributed by atoms with E-state index in [1.165, 1.54) is 4.90 Å². The molecule has 0 saturated carbocycles. The number of likely N-dealkylation sites (tertiary alicyclic amines) is 1. The van der Waals surface area contributed by atoms with Crippen LogP contribution in [-0.2, 0) is 9.59 Å². The first kappa shape index (κ1) is 17.5. The van der Waals surface area contributed by atoms with Gasteiger partial charge in [-0.3, -0.25) is 9.59 Å². The minimum Gasteiger partial charge on any atom is -0.365 e. The van der Waals surface area contributed by atoms with Crippen LogP contribution in [0.4, 0.5) is 18.9 Å². The van der Waals surface area contributed by atoms with E-state index >= 15 is 0 Å². The van der Waals surface area contributed by atoms with Gasteiger partial charge in [0.2, 0.25) is 5.91 Å². The molecule has 1 aliphatic rings. The minimum absolute atomic E-state index is 0.311. The Bertz CT molecular complexity index is 614. The van der Waals surface area contributed by atoms with E-state index < -0.39 is 18.0 Å². The second kappa shape index (κ2) is 7.16. The molecule has 23 heavy (non-hydrogen) atoms. The lowest BCUT2D eigenvalue weighted by atomic mass is 10.2. The van der Waals surface area contributed by atoms with E-state index in [0.717, 1.165) is 10.7 Å². The molecular formula is C15H14BrF3N2O2. The standard InChI is InChI=1S/C15H14BrF3N2O2/c16-10-3-5-11(6-4-10)20-14(23)12-2-1-8-21(12)9-7-13(22)15(17,18)19/h3-7,9,12H,1-2,8H2,(H,20,23)/b9-7+. The van der Waals surface area contributed by atoms with Crippen molar-refractivity contribution in [2.75, 3.05) is 11.9 Å². The predicted octanol–water partition coefficient (Wildman–Crippen LogP) is 3.50. The Morgan fingerprint density at radius 1 is 1.26 bits per heavy atom. The molecule has 1 fully saturated rings. The van der Waals surface area contributed by atoms with Gasteiger partial charge in [-0.2, -0.15) is 13.2 Å². The molecule has 124 valence electrons. The Hall–Kier alpha value is -1.83. The van der Waals surface area contributed by atoms with E-state index in [0.29, 0.717) is 31.1 Å². The van der Waals surface area contributed by atoms with Gasteiger partial charge in [0.05, 0.1) is 0 Å². The number of carbonyl (C=O) groups is 2. The van der Waals surface area contributed by atoms with E-state index in [-0.39, 0.29) is 5.91 Å². The number of halogens is 4. The average Bonchev–Trinajstić information content (AvgIpc) is 2.94. The van der Waals surface area contributed by atoms with Crippen molar-refractivity contribution >= 4 is 33.3 Å². The van der Waals surface area contributed by atoms with Gasteiger partial charge < -0.3 is 10.2 Å². The number of alkyl halides is 3. The summed E-state index contributed by atoms with van der Waals surface area (Å²) in [6.07, 6.45) is -2.19. The number of amides is 1. The summed E-state index contributed by atoms with van der Waals surface area (Å²) in [6, 6.07) is 6.37. The van der Waals surface area contributed by atoms with Gasteiger partial charge in [-0.15, -0.1) is 0 Å². The SMILES string of the molecule is O=C(Nc1ccc(Br)cc1)C1CCCN1/C=C/C(=O)C(F)(F)F. The largest absolute Gasteiger partial charge is 0.454 e. The highest BCUT2D eigenvalue weighted by atomic mass is 79.9. The first-order valence-corrected chi connectivity index (χ1v) is 7.68. The molecule has 1 amide bonds. The normalized spacial score (nSPS) is 18.4. The monoisotopic (exact) mass is 390 g/mol. The number of carbonyl (C=O) groups excluding carboxylic acids is 2. The fourth-order valence-corrected chi connectivity index (χ4v) is 2.53. The van der Waals surface area contributed by atoms with Crippen molar-refractivity contribution in [1.82, 2.24) is 4.90 Å². The summed E-state index contributed by atoms with van der Waals surface area (Å²) in [5, 5.41) is 2.72. The predicted molar refractivity (Wildman–Crippen MR) is 82.7 cm³/mol. The first-order valence-electron chi connectivity index (χ1n) is 6.89. The van der Waals surface area contributed by atoms with E-state index in [4.69, 9.17) is 0 Å². The highest BCUT2D eigenvalue weighted by molar-refractivity contribution is 9.10. The molecule has 8 heteroatoms. The zero-order valence-corrected chi connectivity index (χ0v) is 13.5. The lowest BCUT2D eigenvalue weighted by Crippen LogP contribution is -2.36. The Morgan fingerprint density at radius 3 is 2.52 bits per heavy atom. The molecule has 1 aliphatic heterocycles. The topological polar surface area (TPSA) is 49.4 Å². The molecule has 1 atom stereocenters. The maximum Gasteiger partial charge on any atom is 0.454 e. The quantitative estimate of drug-likeness (QED) is 0.800. The molecule has 1 aromatic carbocycles. The molecule has 2 rings (SSSR count). The lowest BCUT2D eigenvalue weighted by molar-refractivity contribution is -0.165. The van der Waals surface area contributed by atoms with E-state index in [2.05, 4.69) is 21.2 Å². The highest BCUT2D eigenvalue weighted by Crippen LogP contribution is 2.22.